The van der Waals surface area contributed by atoms with Crippen LogP contribution in [0.3, 0.4) is 0 Å². The molecule has 1 aliphatic heterocycles. The van der Waals surface area contributed by atoms with E-state index in [1.165, 1.54) is 21.1 Å². The molecule has 0 bridgehead atoms. The van der Waals surface area contributed by atoms with Crippen LogP contribution in [0.25, 0.3) is 0 Å². The van der Waals surface area contributed by atoms with E-state index in [9.17, 15) is 14.4 Å². The zero-order chi connectivity index (χ0) is 22.7. The van der Waals surface area contributed by atoms with Crippen molar-refractivity contribution in [1.82, 2.24) is 0 Å². The maximum absolute atomic E-state index is 13.2. The number of anilines is 1. The standard InChI is InChI=1S/C22H23N3O6/c1-5-16-22(28)25(31-12(2)26)17-11-19(30-4)18(29-3)10-15(17)20(24-16)13-7-6-8-14(9-13)21(23)27/h6-11,16H,5H2,1-4H3,(H2,23,27). The molecule has 0 saturated carbocycles. The summed E-state index contributed by atoms with van der Waals surface area (Å²) in [7, 11) is 2.94. The van der Waals surface area contributed by atoms with Crippen molar-refractivity contribution < 1.29 is 28.7 Å². The summed E-state index contributed by atoms with van der Waals surface area (Å²) in [6.45, 7) is 3.00. The molecule has 1 atom stereocenters. The van der Waals surface area contributed by atoms with Crippen LogP contribution in [0, 0.1) is 0 Å². The molecule has 0 aromatic heterocycles. The van der Waals surface area contributed by atoms with Gasteiger partial charge in [0.1, 0.15) is 6.04 Å². The summed E-state index contributed by atoms with van der Waals surface area (Å²) in [6.07, 6.45) is 0.359. The van der Waals surface area contributed by atoms with Crippen molar-refractivity contribution in [1.29, 1.82) is 0 Å². The Morgan fingerprint density at radius 2 is 1.81 bits per heavy atom. The van der Waals surface area contributed by atoms with E-state index in [1.807, 2.05) is 0 Å². The zero-order valence-corrected chi connectivity index (χ0v) is 17.7. The molecule has 0 spiro atoms. The summed E-state index contributed by atoms with van der Waals surface area (Å²) in [5.74, 6) is -1.03. The second-order valence-electron chi connectivity index (χ2n) is 6.79. The van der Waals surface area contributed by atoms with Crippen LogP contribution < -0.4 is 20.3 Å². The topological polar surface area (TPSA) is 121 Å². The Hall–Kier alpha value is -3.88. The largest absolute Gasteiger partial charge is 0.493 e. The smallest absolute Gasteiger partial charge is 0.330 e. The third kappa shape index (κ3) is 4.20. The van der Waals surface area contributed by atoms with Crippen LogP contribution in [0.2, 0.25) is 0 Å². The first-order valence-electron chi connectivity index (χ1n) is 9.57. The summed E-state index contributed by atoms with van der Waals surface area (Å²) in [6, 6.07) is 8.98. The van der Waals surface area contributed by atoms with Gasteiger partial charge in [-0.1, -0.05) is 19.1 Å². The molecular weight excluding hydrogens is 402 g/mol. The molecule has 1 aliphatic rings. The normalized spacial score (nSPS) is 15.5. The molecule has 1 heterocycles. The molecule has 0 fully saturated rings. The van der Waals surface area contributed by atoms with Crippen LogP contribution in [0.15, 0.2) is 41.4 Å². The van der Waals surface area contributed by atoms with E-state index in [0.717, 1.165) is 5.06 Å². The van der Waals surface area contributed by atoms with Crippen molar-refractivity contribution in [3.8, 4) is 11.5 Å². The Labute approximate surface area is 179 Å². The lowest BCUT2D eigenvalue weighted by Gasteiger charge is -2.23. The van der Waals surface area contributed by atoms with Crippen LogP contribution in [0.1, 0.15) is 41.8 Å². The number of carbonyl (C=O) groups is 3. The minimum Gasteiger partial charge on any atom is -0.493 e. The molecule has 0 aliphatic carbocycles. The van der Waals surface area contributed by atoms with Gasteiger partial charge in [0.2, 0.25) is 5.91 Å². The predicted molar refractivity (Wildman–Crippen MR) is 113 cm³/mol. The minimum atomic E-state index is -0.823. The van der Waals surface area contributed by atoms with Gasteiger partial charge in [0, 0.05) is 29.7 Å². The fraction of sp³-hybridized carbons (Fsp3) is 0.273. The quantitative estimate of drug-likeness (QED) is 0.758. The summed E-state index contributed by atoms with van der Waals surface area (Å²) >= 11 is 0. The first kappa shape index (κ1) is 21.8. The van der Waals surface area contributed by atoms with Crippen molar-refractivity contribution in [3.05, 3.63) is 53.1 Å². The number of benzene rings is 2. The number of hydrogen-bond donors (Lipinski definition) is 1. The fourth-order valence-electron chi connectivity index (χ4n) is 3.30. The number of nitrogens with two attached hydrogens (primary N) is 1. The van der Waals surface area contributed by atoms with E-state index in [2.05, 4.69) is 4.99 Å². The second kappa shape index (κ2) is 8.86. The number of nitrogens with zero attached hydrogens (tertiary/aromatic N) is 2. The molecule has 0 radical (unpaired) electrons. The molecule has 2 aromatic rings. The minimum absolute atomic E-state index is 0.261. The highest BCUT2D eigenvalue weighted by Crippen LogP contribution is 2.39. The van der Waals surface area contributed by atoms with Crippen LogP contribution in [-0.2, 0) is 14.4 Å². The Bertz CT molecular complexity index is 1080. The third-order valence-corrected chi connectivity index (χ3v) is 4.77. The molecule has 9 nitrogen and oxygen atoms in total. The molecule has 3 rings (SSSR count). The molecule has 2 aromatic carbocycles. The highest BCUT2D eigenvalue weighted by Gasteiger charge is 2.35. The Morgan fingerprint density at radius 1 is 1.13 bits per heavy atom. The molecule has 2 N–H and O–H groups in total. The van der Waals surface area contributed by atoms with Crippen LogP contribution >= 0.6 is 0 Å². The first-order valence-corrected chi connectivity index (χ1v) is 9.57. The molecular formula is C22H23N3O6. The summed E-state index contributed by atoms with van der Waals surface area (Å²) in [5.41, 5.74) is 7.45. The van der Waals surface area contributed by atoms with Gasteiger partial charge in [-0.3, -0.25) is 14.6 Å². The molecule has 2 amide bonds. The molecule has 0 saturated heterocycles. The summed E-state index contributed by atoms with van der Waals surface area (Å²) < 4.78 is 10.8. The number of benzodiazepines with no additional fused rings is 1. The average Bonchev–Trinajstić information content (AvgIpc) is 2.87. The predicted octanol–water partition coefficient (Wildman–Crippen LogP) is 2.24. The van der Waals surface area contributed by atoms with Crippen molar-refractivity contribution in [2.45, 2.75) is 26.3 Å². The molecule has 31 heavy (non-hydrogen) atoms. The number of methoxy groups -OCH3 is 2. The van der Waals surface area contributed by atoms with Gasteiger partial charge in [0.05, 0.1) is 25.6 Å². The van der Waals surface area contributed by atoms with Crippen molar-refractivity contribution in [3.63, 3.8) is 0 Å². The molecule has 9 heteroatoms. The van der Waals surface area contributed by atoms with E-state index in [1.54, 1.807) is 43.3 Å². The van der Waals surface area contributed by atoms with Gasteiger partial charge in [-0.05, 0) is 24.6 Å². The monoisotopic (exact) mass is 425 g/mol. The number of ether oxygens (including phenoxy) is 2. The summed E-state index contributed by atoms with van der Waals surface area (Å²) in [5, 5.41) is 0.933. The third-order valence-electron chi connectivity index (χ3n) is 4.77. The first-order chi connectivity index (χ1) is 14.8. The van der Waals surface area contributed by atoms with Crippen LogP contribution in [0.4, 0.5) is 5.69 Å². The second-order valence-corrected chi connectivity index (χ2v) is 6.79. The Kier molecular flexibility index (Phi) is 6.24. The lowest BCUT2D eigenvalue weighted by atomic mass is 9.98. The van der Waals surface area contributed by atoms with E-state index >= 15 is 0 Å². The lowest BCUT2D eigenvalue weighted by Crippen LogP contribution is -2.39. The number of carbonyl (C=O) groups excluding carboxylic acids is 3. The lowest BCUT2D eigenvalue weighted by molar-refractivity contribution is -0.148. The van der Waals surface area contributed by atoms with E-state index in [4.69, 9.17) is 20.0 Å². The van der Waals surface area contributed by atoms with Gasteiger partial charge >= 0.3 is 5.97 Å². The highest BCUT2D eigenvalue weighted by molar-refractivity contribution is 6.20. The zero-order valence-electron chi connectivity index (χ0n) is 17.7. The summed E-state index contributed by atoms with van der Waals surface area (Å²) in [4.78, 5) is 46.6. The van der Waals surface area contributed by atoms with Gasteiger partial charge < -0.3 is 20.0 Å². The van der Waals surface area contributed by atoms with Gasteiger partial charge in [0.15, 0.2) is 11.5 Å². The maximum atomic E-state index is 13.2. The number of hydroxylamine groups is 1. The van der Waals surface area contributed by atoms with Gasteiger partial charge in [-0.15, -0.1) is 5.06 Å². The number of hydrogen-bond acceptors (Lipinski definition) is 7. The van der Waals surface area contributed by atoms with Crippen LogP contribution in [-0.4, -0.2) is 43.8 Å². The maximum Gasteiger partial charge on any atom is 0.330 e. The SMILES string of the molecule is CCC1N=C(c2cccc(C(N)=O)c2)c2cc(OC)c(OC)cc2N(OC(C)=O)C1=O. The van der Waals surface area contributed by atoms with E-state index in [0.29, 0.717) is 40.3 Å². The number of rotatable bonds is 6. The van der Waals surface area contributed by atoms with Crippen molar-refractivity contribution in [2.24, 2.45) is 10.7 Å². The fourth-order valence-corrected chi connectivity index (χ4v) is 3.30. The molecule has 1 unspecified atom stereocenters. The van der Waals surface area contributed by atoms with Gasteiger partial charge in [-0.2, -0.15) is 0 Å². The molecule has 162 valence electrons. The van der Waals surface area contributed by atoms with Crippen LogP contribution in [0.5, 0.6) is 11.5 Å². The van der Waals surface area contributed by atoms with Gasteiger partial charge in [0.25, 0.3) is 5.91 Å². The van der Waals surface area contributed by atoms with Crippen molar-refractivity contribution >= 4 is 29.2 Å². The number of amides is 2. The Morgan fingerprint density at radius 3 is 2.39 bits per heavy atom. The van der Waals surface area contributed by atoms with Gasteiger partial charge in [-0.25, -0.2) is 4.79 Å². The Balaban J connectivity index is 2.34. The number of primary amides is 1. The van der Waals surface area contributed by atoms with Crippen molar-refractivity contribution in [2.75, 3.05) is 19.3 Å². The number of fused-ring (bicyclic) bond motifs is 1. The number of aliphatic imine (C=N–C) groups is 1. The van der Waals surface area contributed by atoms with E-state index < -0.39 is 23.8 Å². The van der Waals surface area contributed by atoms with E-state index in [-0.39, 0.29) is 5.69 Å². The average molecular weight is 425 g/mol. The highest BCUT2D eigenvalue weighted by atomic mass is 16.7.